The average molecular weight is 844 g/mol. The van der Waals surface area contributed by atoms with Crippen molar-refractivity contribution in [1.29, 1.82) is 0 Å². The number of phosphoric acid groups is 1. The summed E-state index contributed by atoms with van der Waals surface area (Å²) in [5.74, 6) is -2.36. The number of ether oxygens (including phenoxy) is 1. The summed E-state index contributed by atoms with van der Waals surface area (Å²) in [6, 6.07) is -1.54. The Morgan fingerprint density at radius 1 is 0.552 bits per heavy atom. The molecule has 4 N–H and O–H groups in total. The molecule has 0 aliphatic heterocycles. The van der Waals surface area contributed by atoms with Crippen LogP contribution in [-0.2, 0) is 32.7 Å². The fraction of sp³-hybridized carbons (Fsp3) is 0.848. The lowest BCUT2D eigenvalue weighted by molar-refractivity contribution is -0.147. The molecule has 0 aliphatic carbocycles. The van der Waals surface area contributed by atoms with Gasteiger partial charge in [-0.05, 0) is 44.9 Å². The fourth-order valence-electron chi connectivity index (χ4n) is 6.58. The molecule has 11 nitrogen and oxygen atoms in total. The van der Waals surface area contributed by atoms with E-state index in [0.717, 1.165) is 44.9 Å². The molecule has 0 aromatic heterocycles. The number of aliphatic hydroxyl groups is 1. The molecule has 0 aromatic carbocycles. The van der Waals surface area contributed by atoms with Crippen LogP contribution < -0.4 is 5.32 Å². The van der Waals surface area contributed by atoms with Crippen molar-refractivity contribution in [2.45, 2.75) is 231 Å². The minimum Gasteiger partial charge on any atom is -0.480 e. The first-order valence-electron chi connectivity index (χ1n) is 23.4. The number of carboxylic acids is 1. The number of amides is 1. The van der Waals surface area contributed by atoms with Crippen LogP contribution in [0.5, 0.6) is 0 Å². The van der Waals surface area contributed by atoms with E-state index < -0.39 is 57.6 Å². The molecule has 58 heavy (non-hydrogen) atoms. The molecule has 3 atom stereocenters. The first kappa shape index (κ1) is 56.0. The van der Waals surface area contributed by atoms with Gasteiger partial charge in [0.15, 0.2) is 6.04 Å². The molecule has 0 radical (unpaired) electrons. The molecule has 0 bridgehead atoms. The SMILES string of the molecule is CCCCC/C=C\C/C=C\CCCCCCCCCCCCCCCC(=O)NC(COP(=O)(O)OCC(O)COC(=O)CCCCCCCCCCCCC)C(=O)O. The number of carboxylic acid groups (broad SMARTS) is 1. The zero-order valence-corrected chi connectivity index (χ0v) is 37.8. The summed E-state index contributed by atoms with van der Waals surface area (Å²) < 4.78 is 26.8. The second-order valence-corrected chi connectivity index (χ2v) is 17.4. The number of hydrogen-bond donors (Lipinski definition) is 4. The summed E-state index contributed by atoms with van der Waals surface area (Å²) >= 11 is 0. The number of carbonyl (C=O) groups is 3. The van der Waals surface area contributed by atoms with Gasteiger partial charge >= 0.3 is 19.8 Å². The first-order valence-corrected chi connectivity index (χ1v) is 24.9. The molecule has 0 fully saturated rings. The third-order valence-corrected chi connectivity index (χ3v) is 11.2. The van der Waals surface area contributed by atoms with Gasteiger partial charge in [0.05, 0.1) is 13.2 Å². The molecule has 0 saturated carbocycles. The number of allylic oxidation sites excluding steroid dienone is 4. The van der Waals surface area contributed by atoms with Gasteiger partial charge in [0.1, 0.15) is 12.7 Å². The summed E-state index contributed by atoms with van der Waals surface area (Å²) in [5.41, 5.74) is 0. The minimum atomic E-state index is -4.75. The number of aliphatic hydroxyl groups excluding tert-OH is 1. The predicted molar refractivity (Wildman–Crippen MR) is 236 cm³/mol. The van der Waals surface area contributed by atoms with Gasteiger partial charge in [-0.3, -0.25) is 18.6 Å². The van der Waals surface area contributed by atoms with E-state index in [2.05, 4.69) is 43.5 Å². The Morgan fingerprint density at radius 3 is 1.43 bits per heavy atom. The number of rotatable bonds is 44. The second-order valence-electron chi connectivity index (χ2n) is 15.9. The molecule has 0 saturated heterocycles. The molecular formula is C46H86NO10P. The van der Waals surface area contributed by atoms with Crippen molar-refractivity contribution in [3.05, 3.63) is 24.3 Å². The van der Waals surface area contributed by atoms with Crippen LogP contribution in [0.25, 0.3) is 0 Å². The molecule has 1 amide bonds. The fourth-order valence-corrected chi connectivity index (χ4v) is 7.35. The van der Waals surface area contributed by atoms with Gasteiger partial charge in [0.2, 0.25) is 5.91 Å². The Morgan fingerprint density at radius 2 is 0.948 bits per heavy atom. The van der Waals surface area contributed by atoms with Crippen molar-refractivity contribution >= 4 is 25.7 Å². The zero-order chi connectivity index (χ0) is 42.8. The van der Waals surface area contributed by atoms with Crippen molar-refractivity contribution in [2.75, 3.05) is 19.8 Å². The van der Waals surface area contributed by atoms with Crippen molar-refractivity contribution in [3.63, 3.8) is 0 Å². The Labute approximate surface area is 353 Å². The largest absolute Gasteiger partial charge is 0.480 e. The molecule has 0 heterocycles. The number of nitrogens with one attached hydrogen (secondary N) is 1. The van der Waals surface area contributed by atoms with Crippen LogP contribution in [-0.4, -0.2) is 64.9 Å². The number of unbranched alkanes of at least 4 members (excludes halogenated alkanes) is 26. The van der Waals surface area contributed by atoms with E-state index in [4.69, 9.17) is 13.8 Å². The lowest BCUT2D eigenvalue weighted by Crippen LogP contribution is -2.43. The number of esters is 1. The molecule has 0 aromatic rings. The average Bonchev–Trinajstić information content (AvgIpc) is 3.20. The van der Waals surface area contributed by atoms with Crippen LogP contribution in [0, 0.1) is 0 Å². The highest BCUT2D eigenvalue weighted by Crippen LogP contribution is 2.43. The molecule has 0 rings (SSSR count). The van der Waals surface area contributed by atoms with Gasteiger partial charge in [-0.1, -0.05) is 186 Å². The maximum Gasteiger partial charge on any atom is 0.472 e. The lowest BCUT2D eigenvalue weighted by atomic mass is 10.0. The third-order valence-electron chi connectivity index (χ3n) is 10.2. The monoisotopic (exact) mass is 844 g/mol. The topological polar surface area (TPSA) is 169 Å². The molecule has 0 aliphatic rings. The van der Waals surface area contributed by atoms with Crippen molar-refractivity contribution in [1.82, 2.24) is 5.32 Å². The normalized spacial score (nSPS) is 13.9. The Balaban J connectivity index is 3.83. The quantitative estimate of drug-likeness (QED) is 0.0200. The summed E-state index contributed by atoms with van der Waals surface area (Å²) in [7, 11) is -4.75. The third kappa shape index (κ3) is 40.7. The zero-order valence-electron chi connectivity index (χ0n) is 36.9. The van der Waals surface area contributed by atoms with E-state index in [1.165, 1.54) is 135 Å². The van der Waals surface area contributed by atoms with E-state index in [9.17, 15) is 34.1 Å². The molecule has 12 heteroatoms. The summed E-state index contributed by atoms with van der Waals surface area (Å²) in [6.07, 6.45) is 43.5. The number of aliphatic carboxylic acids is 1. The highest BCUT2D eigenvalue weighted by molar-refractivity contribution is 7.47. The standard InChI is InChI=1S/C46H86NO10P/c1-3-5-7-9-11-13-15-16-17-18-19-20-21-22-23-24-25-26-28-29-31-33-35-37-44(49)47-43(46(51)52)41-57-58(53,54)56-40-42(48)39-55-45(50)38-36-34-32-30-27-14-12-10-8-6-4-2/h11,13,16-17,42-43,48H,3-10,12,14-15,18-41H2,1-2H3,(H,47,49)(H,51,52)(H,53,54)/b13-11-,17-16-. The maximum absolute atomic E-state index is 12.3. The molecular weight excluding hydrogens is 757 g/mol. The molecule has 3 unspecified atom stereocenters. The van der Waals surface area contributed by atoms with E-state index >= 15 is 0 Å². The molecule has 340 valence electrons. The smallest absolute Gasteiger partial charge is 0.472 e. The van der Waals surface area contributed by atoms with E-state index in [1.807, 2.05) is 0 Å². The Hall–Kier alpha value is -2.04. The van der Waals surface area contributed by atoms with Crippen molar-refractivity contribution < 1.29 is 47.8 Å². The maximum atomic E-state index is 12.3. The van der Waals surface area contributed by atoms with Gasteiger partial charge in [0.25, 0.3) is 0 Å². The van der Waals surface area contributed by atoms with Crippen LogP contribution in [0.2, 0.25) is 0 Å². The van der Waals surface area contributed by atoms with Crippen LogP contribution in [0.3, 0.4) is 0 Å². The number of carbonyl (C=O) groups excluding carboxylic acids is 2. The van der Waals surface area contributed by atoms with Crippen LogP contribution >= 0.6 is 7.82 Å². The summed E-state index contributed by atoms with van der Waals surface area (Å²) in [4.78, 5) is 45.9. The van der Waals surface area contributed by atoms with Gasteiger partial charge < -0.3 is 25.2 Å². The summed E-state index contributed by atoms with van der Waals surface area (Å²) in [5, 5.41) is 21.8. The second kappa shape index (κ2) is 41.7. The van der Waals surface area contributed by atoms with E-state index in [-0.39, 0.29) is 12.8 Å². The van der Waals surface area contributed by atoms with E-state index in [1.54, 1.807) is 0 Å². The highest BCUT2D eigenvalue weighted by Gasteiger charge is 2.28. The van der Waals surface area contributed by atoms with Crippen LogP contribution in [0.4, 0.5) is 0 Å². The van der Waals surface area contributed by atoms with Crippen molar-refractivity contribution in [3.8, 4) is 0 Å². The first-order chi connectivity index (χ1) is 28.1. The van der Waals surface area contributed by atoms with Gasteiger partial charge in [-0.15, -0.1) is 0 Å². The highest BCUT2D eigenvalue weighted by atomic mass is 31.2. The lowest BCUT2D eigenvalue weighted by Gasteiger charge is -2.18. The Kier molecular flexibility index (Phi) is 40.2. The van der Waals surface area contributed by atoms with Gasteiger partial charge in [-0.2, -0.15) is 0 Å². The Bertz CT molecular complexity index is 1080. The molecule has 0 spiro atoms. The van der Waals surface area contributed by atoms with Gasteiger partial charge in [-0.25, -0.2) is 9.36 Å². The predicted octanol–water partition coefficient (Wildman–Crippen LogP) is 12.2. The minimum absolute atomic E-state index is 0.147. The van der Waals surface area contributed by atoms with Gasteiger partial charge in [0, 0.05) is 12.8 Å². The number of phosphoric ester groups is 1. The van der Waals surface area contributed by atoms with Crippen LogP contribution in [0.15, 0.2) is 24.3 Å². The number of hydrogen-bond acceptors (Lipinski definition) is 8. The van der Waals surface area contributed by atoms with Crippen molar-refractivity contribution in [2.24, 2.45) is 0 Å². The van der Waals surface area contributed by atoms with E-state index in [0.29, 0.717) is 12.8 Å². The summed E-state index contributed by atoms with van der Waals surface area (Å²) in [6.45, 7) is 2.58. The van der Waals surface area contributed by atoms with Crippen LogP contribution in [0.1, 0.15) is 219 Å².